The van der Waals surface area contributed by atoms with Gasteiger partial charge in [0.2, 0.25) is 5.91 Å². The lowest BCUT2D eigenvalue weighted by atomic mass is 9.92. The highest BCUT2D eigenvalue weighted by Crippen LogP contribution is 2.26. The van der Waals surface area contributed by atoms with Crippen LogP contribution in [0, 0.1) is 5.92 Å². The van der Waals surface area contributed by atoms with Crippen molar-refractivity contribution in [2.45, 2.75) is 51.6 Å². The number of hydrogen-bond donors (Lipinski definition) is 3. The van der Waals surface area contributed by atoms with Gasteiger partial charge in [0.1, 0.15) is 0 Å². The molecule has 0 radical (unpaired) electrons. The maximum absolute atomic E-state index is 12.9. The fourth-order valence-electron chi connectivity index (χ4n) is 3.52. The molecule has 1 amide bonds. The van der Waals surface area contributed by atoms with E-state index in [1.165, 1.54) is 6.42 Å². The lowest BCUT2D eigenvalue weighted by Gasteiger charge is -2.42. The van der Waals surface area contributed by atoms with Gasteiger partial charge in [-0.3, -0.25) is 9.69 Å². The van der Waals surface area contributed by atoms with Crippen LogP contribution in [0.1, 0.15) is 39.5 Å². The molecule has 0 spiro atoms. The monoisotopic (exact) mass is 319 g/mol. The zero-order chi connectivity index (χ0) is 16.8. The minimum absolute atomic E-state index is 0.00967. The first kappa shape index (κ1) is 17.8. The normalized spacial score (nSPS) is 20.4. The summed E-state index contributed by atoms with van der Waals surface area (Å²) in [7, 11) is 0. The van der Waals surface area contributed by atoms with Crippen molar-refractivity contribution in [1.29, 1.82) is 0 Å². The number of rotatable bonds is 6. The standard InChI is InChI=1S/C18H29N3O2/c1-13(2)17(21-10-4-3-8-16(21)9-11-22)18(23)20-15-7-5-6-14(19)12-15/h5-7,12-13,16-17,22H,3-4,8-11,19H2,1-2H3,(H,20,23). The Morgan fingerprint density at radius 3 is 2.87 bits per heavy atom. The molecule has 2 rings (SSSR count). The zero-order valence-electron chi connectivity index (χ0n) is 14.2. The minimum atomic E-state index is -0.187. The Labute approximate surface area is 138 Å². The Hall–Kier alpha value is -1.59. The Kier molecular flexibility index (Phi) is 6.42. The molecule has 5 nitrogen and oxygen atoms in total. The van der Waals surface area contributed by atoms with Crippen LogP contribution in [-0.2, 0) is 4.79 Å². The van der Waals surface area contributed by atoms with Gasteiger partial charge in [-0.15, -0.1) is 0 Å². The summed E-state index contributed by atoms with van der Waals surface area (Å²) in [4.78, 5) is 15.1. The highest BCUT2D eigenvalue weighted by atomic mass is 16.3. The molecule has 1 aromatic rings. The number of nitrogens with one attached hydrogen (secondary N) is 1. The van der Waals surface area contributed by atoms with Crippen LogP contribution in [0.3, 0.4) is 0 Å². The van der Waals surface area contributed by atoms with Gasteiger partial charge in [-0.25, -0.2) is 0 Å². The zero-order valence-corrected chi connectivity index (χ0v) is 14.2. The summed E-state index contributed by atoms with van der Waals surface area (Å²) < 4.78 is 0. The molecule has 4 N–H and O–H groups in total. The summed E-state index contributed by atoms with van der Waals surface area (Å²) in [6.45, 7) is 5.24. The number of piperidine rings is 1. The van der Waals surface area contributed by atoms with Crippen molar-refractivity contribution in [2.75, 3.05) is 24.2 Å². The number of nitrogens with two attached hydrogens (primary N) is 1. The second-order valence-electron chi connectivity index (χ2n) is 6.70. The van der Waals surface area contributed by atoms with Crippen LogP contribution < -0.4 is 11.1 Å². The van der Waals surface area contributed by atoms with E-state index in [1.807, 2.05) is 12.1 Å². The third kappa shape index (κ3) is 4.69. The average molecular weight is 319 g/mol. The maximum atomic E-state index is 12.9. The SMILES string of the molecule is CC(C)C(C(=O)Nc1cccc(N)c1)N1CCCCC1CCO. The number of aliphatic hydroxyl groups is 1. The van der Waals surface area contributed by atoms with Gasteiger partial charge in [0.15, 0.2) is 0 Å². The second-order valence-corrected chi connectivity index (χ2v) is 6.70. The van der Waals surface area contributed by atoms with Crippen LogP contribution in [-0.4, -0.2) is 41.1 Å². The number of nitrogen functional groups attached to an aromatic ring is 1. The Bertz CT molecular complexity index is 517. The molecule has 2 atom stereocenters. The summed E-state index contributed by atoms with van der Waals surface area (Å²) >= 11 is 0. The number of likely N-dealkylation sites (tertiary alicyclic amines) is 1. The first-order valence-electron chi connectivity index (χ1n) is 8.56. The average Bonchev–Trinajstić information content (AvgIpc) is 2.49. The highest BCUT2D eigenvalue weighted by Gasteiger charge is 2.34. The number of anilines is 2. The summed E-state index contributed by atoms with van der Waals surface area (Å²) in [5.74, 6) is 0.214. The Morgan fingerprint density at radius 2 is 2.22 bits per heavy atom. The van der Waals surface area contributed by atoms with Crippen molar-refractivity contribution in [3.05, 3.63) is 24.3 Å². The van der Waals surface area contributed by atoms with Gasteiger partial charge in [0.25, 0.3) is 0 Å². The molecule has 0 aromatic heterocycles. The molecule has 1 aromatic carbocycles. The molecule has 0 bridgehead atoms. The van der Waals surface area contributed by atoms with Gasteiger partial charge in [0.05, 0.1) is 6.04 Å². The molecule has 1 heterocycles. The molecule has 0 saturated carbocycles. The number of amides is 1. The van der Waals surface area contributed by atoms with Crippen LogP contribution in [0.4, 0.5) is 11.4 Å². The Balaban J connectivity index is 2.14. The van der Waals surface area contributed by atoms with E-state index >= 15 is 0 Å². The summed E-state index contributed by atoms with van der Waals surface area (Å²) in [5.41, 5.74) is 7.16. The molecular formula is C18H29N3O2. The van der Waals surface area contributed by atoms with E-state index in [2.05, 4.69) is 24.1 Å². The van der Waals surface area contributed by atoms with Crippen molar-refractivity contribution >= 4 is 17.3 Å². The van der Waals surface area contributed by atoms with E-state index in [9.17, 15) is 9.90 Å². The van der Waals surface area contributed by atoms with Crippen LogP contribution >= 0.6 is 0 Å². The molecule has 0 aliphatic carbocycles. The molecule has 128 valence electrons. The topological polar surface area (TPSA) is 78.6 Å². The molecule has 1 saturated heterocycles. The van der Waals surface area contributed by atoms with Gasteiger partial charge in [-0.05, 0) is 49.9 Å². The van der Waals surface area contributed by atoms with Gasteiger partial charge < -0.3 is 16.2 Å². The molecule has 2 unspecified atom stereocenters. The van der Waals surface area contributed by atoms with E-state index in [-0.39, 0.29) is 30.5 Å². The van der Waals surface area contributed by atoms with Crippen molar-refractivity contribution in [3.63, 3.8) is 0 Å². The minimum Gasteiger partial charge on any atom is -0.399 e. The van der Waals surface area contributed by atoms with Crippen molar-refractivity contribution < 1.29 is 9.90 Å². The van der Waals surface area contributed by atoms with Gasteiger partial charge in [0, 0.05) is 24.0 Å². The van der Waals surface area contributed by atoms with E-state index < -0.39 is 0 Å². The third-order valence-corrected chi connectivity index (χ3v) is 4.55. The van der Waals surface area contributed by atoms with Crippen molar-refractivity contribution in [2.24, 2.45) is 5.92 Å². The predicted molar refractivity (Wildman–Crippen MR) is 94.2 cm³/mol. The fraction of sp³-hybridized carbons (Fsp3) is 0.611. The Morgan fingerprint density at radius 1 is 1.43 bits per heavy atom. The molecular weight excluding hydrogens is 290 g/mol. The van der Waals surface area contributed by atoms with Crippen LogP contribution in [0.25, 0.3) is 0 Å². The van der Waals surface area contributed by atoms with E-state index in [4.69, 9.17) is 5.73 Å². The number of nitrogens with zero attached hydrogens (tertiary/aromatic N) is 1. The summed E-state index contributed by atoms with van der Waals surface area (Å²) in [5, 5.41) is 12.3. The molecule has 1 fully saturated rings. The molecule has 1 aliphatic heterocycles. The number of carbonyl (C=O) groups excluding carboxylic acids is 1. The number of carbonyl (C=O) groups is 1. The molecule has 1 aliphatic rings. The smallest absolute Gasteiger partial charge is 0.242 e. The number of aliphatic hydroxyl groups excluding tert-OH is 1. The summed E-state index contributed by atoms with van der Waals surface area (Å²) in [6, 6.07) is 7.37. The van der Waals surface area contributed by atoms with Crippen LogP contribution in [0.5, 0.6) is 0 Å². The predicted octanol–water partition coefficient (Wildman–Crippen LogP) is 2.47. The first-order chi connectivity index (χ1) is 11.0. The fourth-order valence-corrected chi connectivity index (χ4v) is 3.52. The van der Waals surface area contributed by atoms with Gasteiger partial charge >= 0.3 is 0 Å². The first-order valence-corrected chi connectivity index (χ1v) is 8.56. The van der Waals surface area contributed by atoms with E-state index in [1.54, 1.807) is 12.1 Å². The number of benzene rings is 1. The maximum Gasteiger partial charge on any atom is 0.242 e. The van der Waals surface area contributed by atoms with Crippen molar-refractivity contribution in [1.82, 2.24) is 4.90 Å². The summed E-state index contributed by atoms with van der Waals surface area (Å²) in [6.07, 6.45) is 4.06. The molecule has 5 heteroatoms. The van der Waals surface area contributed by atoms with Crippen LogP contribution in [0.2, 0.25) is 0 Å². The van der Waals surface area contributed by atoms with Crippen molar-refractivity contribution in [3.8, 4) is 0 Å². The lowest BCUT2D eigenvalue weighted by molar-refractivity contribution is -0.124. The van der Waals surface area contributed by atoms with Gasteiger partial charge in [-0.1, -0.05) is 26.3 Å². The third-order valence-electron chi connectivity index (χ3n) is 4.55. The quantitative estimate of drug-likeness (QED) is 0.704. The largest absolute Gasteiger partial charge is 0.399 e. The second kappa shape index (κ2) is 8.31. The number of hydrogen-bond acceptors (Lipinski definition) is 4. The van der Waals surface area contributed by atoms with E-state index in [0.717, 1.165) is 31.5 Å². The lowest BCUT2D eigenvalue weighted by Crippen LogP contribution is -2.54. The van der Waals surface area contributed by atoms with E-state index in [0.29, 0.717) is 5.69 Å². The van der Waals surface area contributed by atoms with Crippen LogP contribution in [0.15, 0.2) is 24.3 Å². The highest BCUT2D eigenvalue weighted by molar-refractivity contribution is 5.95. The van der Waals surface area contributed by atoms with Gasteiger partial charge in [-0.2, -0.15) is 0 Å². The molecule has 23 heavy (non-hydrogen) atoms.